The Bertz CT molecular complexity index is 720. The Morgan fingerprint density at radius 3 is 2.79 bits per heavy atom. The van der Waals surface area contributed by atoms with Gasteiger partial charge in [-0.2, -0.15) is 5.10 Å². The SMILES string of the molecule is CC1CCN(c2nnc(SCCCCCn3cccn3)n2CC2CCCO2)CC1. The van der Waals surface area contributed by atoms with Crippen molar-refractivity contribution in [2.24, 2.45) is 5.92 Å². The van der Waals surface area contributed by atoms with E-state index in [0.717, 1.165) is 62.0 Å². The molecule has 1 unspecified atom stereocenters. The van der Waals surface area contributed by atoms with Gasteiger partial charge >= 0.3 is 0 Å². The molecule has 2 fully saturated rings. The number of unbranched alkanes of at least 4 members (excludes halogenated alkanes) is 2. The highest BCUT2D eigenvalue weighted by atomic mass is 32.2. The molecule has 8 heteroatoms. The summed E-state index contributed by atoms with van der Waals surface area (Å²) in [6.07, 6.45) is 12.6. The molecule has 0 bridgehead atoms. The van der Waals surface area contributed by atoms with Crippen LogP contribution in [0.15, 0.2) is 23.6 Å². The van der Waals surface area contributed by atoms with E-state index in [4.69, 9.17) is 4.74 Å². The third-order valence-corrected chi connectivity index (χ3v) is 7.05. The molecule has 2 aromatic rings. The fourth-order valence-electron chi connectivity index (χ4n) is 4.13. The molecule has 0 N–H and O–H groups in total. The number of aryl methyl sites for hydroxylation is 1. The summed E-state index contributed by atoms with van der Waals surface area (Å²) in [4.78, 5) is 2.43. The van der Waals surface area contributed by atoms with E-state index in [1.807, 2.05) is 34.9 Å². The molecule has 2 saturated heterocycles. The summed E-state index contributed by atoms with van der Waals surface area (Å²) < 4.78 is 10.3. The lowest BCUT2D eigenvalue weighted by Gasteiger charge is -2.31. The number of aromatic nitrogens is 5. The lowest BCUT2D eigenvalue weighted by molar-refractivity contribution is 0.0951. The summed E-state index contributed by atoms with van der Waals surface area (Å²) in [5, 5.41) is 14.5. The van der Waals surface area contributed by atoms with Crippen LogP contribution in [-0.4, -0.2) is 56.1 Å². The minimum atomic E-state index is 0.307. The predicted octanol–water partition coefficient (Wildman–Crippen LogP) is 3.85. The van der Waals surface area contributed by atoms with Crippen LogP contribution in [-0.2, 0) is 17.8 Å². The van der Waals surface area contributed by atoms with Gasteiger partial charge in [0.25, 0.3) is 0 Å². The first-order valence-corrected chi connectivity index (χ1v) is 12.2. The van der Waals surface area contributed by atoms with Gasteiger partial charge < -0.3 is 9.64 Å². The van der Waals surface area contributed by atoms with Gasteiger partial charge in [0.1, 0.15) is 0 Å². The summed E-state index contributed by atoms with van der Waals surface area (Å²) in [7, 11) is 0. The van der Waals surface area contributed by atoms with Crippen molar-refractivity contribution in [3.8, 4) is 0 Å². The van der Waals surface area contributed by atoms with Gasteiger partial charge in [-0.05, 0) is 50.5 Å². The minimum Gasteiger partial charge on any atom is -0.376 e. The molecule has 2 aliphatic rings. The van der Waals surface area contributed by atoms with Crippen LogP contribution in [0.2, 0.25) is 0 Å². The highest BCUT2D eigenvalue weighted by Crippen LogP contribution is 2.28. The summed E-state index contributed by atoms with van der Waals surface area (Å²) in [6.45, 7) is 7.30. The molecular weight excluding hydrogens is 384 g/mol. The van der Waals surface area contributed by atoms with E-state index in [0.29, 0.717) is 6.10 Å². The maximum atomic E-state index is 5.92. The van der Waals surface area contributed by atoms with Gasteiger partial charge in [0.15, 0.2) is 5.16 Å². The number of piperidine rings is 1. The Morgan fingerprint density at radius 1 is 1.14 bits per heavy atom. The fourth-order valence-corrected chi connectivity index (χ4v) is 5.07. The predicted molar refractivity (Wildman–Crippen MR) is 116 cm³/mol. The van der Waals surface area contributed by atoms with Gasteiger partial charge in [0.05, 0.1) is 12.6 Å². The Labute approximate surface area is 178 Å². The van der Waals surface area contributed by atoms with Gasteiger partial charge in [-0.1, -0.05) is 25.1 Å². The molecule has 29 heavy (non-hydrogen) atoms. The van der Waals surface area contributed by atoms with Crippen LogP contribution in [0, 0.1) is 5.92 Å². The monoisotopic (exact) mass is 418 g/mol. The molecular formula is C21H34N6OS. The van der Waals surface area contributed by atoms with E-state index in [1.165, 1.54) is 38.5 Å². The van der Waals surface area contributed by atoms with Crippen LogP contribution in [0.3, 0.4) is 0 Å². The van der Waals surface area contributed by atoms with Gasteiger partial charge in [-0.3, -0.25) is 9.25 Å². The molecule has 0 aromatic carbocycles. The maximum absolute atomic E-state index is 5.92. The van der Waals surface area contributed by atoms with Crippen molar-refractivity contribution in [2.45, 2.75) is 76.2 Å². The first-order chi connectivity index (χ1) is 14.3. The highest BCUT2D eigenvalue weighted by Gasteiger charge is 2.25. The Morgan fingerprint density at radius 2 is 2.03 bits per heavy atom. The molecule has 2 aromatic heterocycles. The van der Waals surface area contributed by atoms with Crippen LogP contribution in [0.1, 0.15) is 51.9 Å². The van der Waals surface area contributed by atoms with Crippen LogP contribution in [0.5, 0.6) is 0 Å². The average molecular weight is 419 g/mol. The topological polar surface area (TPSA) is 61.0 Å². The number of thioether (sulfide) groups is 1. The molecule has 2 aliphatic heterocycles. The Balaban J connectivity index is 1.31. The second-order valence-corrected chi connectivity index (χ2v) is 9.44. The second-order valence-electron chi connectivity index (χ2n) is 8.38. The van der Waals surface area contributed by atoms with Gasteiger partial charge in [-0.15, -0.1) is 10.2 Å². The Hall–Kier alpha value is -1.54. The molecule has 4 heterocycles. The molecule has 160 valence electrons. The van der Waals surface area contributed by atoms with E-state index < -0.39 is 0 Å². The number of hydrogen-bond donors (Lipinski definition) is 0. The number of rotatable bonds is 10. The number of anilines is 1. The number of hydrogen-bond acceptors (Lipinski definition) is 6. The van der Waals surface area contributed by atoms with Crippen molar-refractivity contribution in [1.82, 2.24) is 24.5 Å². The standard InChI is InChI=1S/C21H34N6OS/c1-18-8-13-25(14-9-18)20-23-24-21(27(20)17-19-7-5-15-28-19)29-16-4-2-3-11-26-12-6-10-22-26/h6,10,12,18-19H,2-5,7-9,11,13-17H2,1H3. The second kappa shape index (κ2) is 10.5. The third-order valence-electron chi connectivity index (χ3n) is 6.00. The lowest BCUT2D eigenvalue weighted by Crippen LogP contribution is -2.35. The summed E-state index contributed by atoms with van der Waals surface area (Å²) in [5.41, 5.74) is 0. The zero-order chi connectivity index (χ0) is 19.9. The fraction of sp³-hybridized carbons (Fsp3) is 0.762. The van der Waals surface area contributed by atoms with Crippen molar-refractivity contribution >= 4 is 17.7 Å². The molecule has 0 spiro atoms. The first-order valence-electron chi connectivity index (χ1n) is 11.2. The van der Waals surface area contributed by atoms with E-state index >= 15 is 0 Å². The number of nitrogens with zero attached hydrogens (tertiary/aromatic N) is 6. The normalized spacial score (nSPS) is 20.6. The molecule has 0 aliphatic carbocycles. The van der Waals surface area contributed by atoms with E-state index in [1.54, 1.807) is 0 Å². The van der Waals surface area contributed by atoms with Crippen LogP contribution < -0.4 is 4.90 Å². The quantitative estimate of drug-likeness (QED) is 0.431. The molecule has 0 amide bonds. The molecule has 4 rings (SSSR count). The van der Waals surface area contributed by atoms with Gasteiger partial charge in [-0.25, -0.2) is 0 Å². The zero-order valence-electron chi connectivity index (χ0n) is 17.6. The largest absolute Gasteiger partial charge is 0.376 e. The van der Waals surface area contributed by atoms with Crippen LogP contribution >= 0.6 is 11.8 Å². The Kier molecular flexibility index (Phi) is 7.49. The summed E-state index contributed by atoms with van der Waals surface area (Å²) >= 11 is 1.85. The van der Waals surface area contributed by atoms with Crippen molar-refractivity contribution < 1.29 is 4.74 Å². The van der Waals surface area contributed by atoms with Crippen LogP contribution in [0.25, 0.3) is 0 Å². The van der Waals surface area contributed by atoms with Crippen LogP contribution in [0.4, 0.5) is 5.95 Å². The van der Waals surface area contributed by atoms with E-state index in [9.17, 15) is 0 Å². The molecule has 1 atom stereocenters. The maximum Gasteiger partial charge on any atom is 0.228 e. The first kappa shape index (κ1) is 20.7. The lowest BCUT2D eigenvalue weighted by atomic mass is 10.00. The number of ether oxygens (including phenoxy) is 1. The molecule has 7 nitrogen and oxygen atoms in total. The van der Waals surface area contributed by atoms with Crippen molar-refractivity contribution in [3.63, 3.8) is 0 Å². The minimum absolute atomic E-state index is 0.307. The van der Waals surface area contributed by atoms with Crippen molar-refractivity contribution in [1.29, 1.82) is 0 Å². The van der Waals surface area contributed by atoms with E-state index in [-0.39, 0.29) is 0 Å². The summed E-state index contributed by atoms with van der Waals surface area (Å²) in [6, 6.07) is 1.98. The van der Waals surface area contributed by atoms with Gasteiger partial charge in [0.2, 0.25) is 5.95 Å². The third kappa shape index (κ3) is 5.75. The van der Waals surface area contributed by atoms with Crippen molar-refractivity contribution in [2.75, 3.05) is 30.3 Å². The zero-order valence-corrected chi connectivity index (χ0v) is 18.4. The molecule has 0 radical (unpaired) electrons. The average Bonchev–Trinajstić information content (AvgIpc) is 3.49. The highest BCUT2D eigenvalue weighted by molar-refractivity contribution is 7.99. The smallest absolute Gasteiger partial charge is 0.228 e. The summed E-state index contributed by atoms with van der Waals surface area (Å²) in [5.74, 6) is 2.95. The van der Waals surface area contributed by atoms with Crippen molar-refractivity contribution in [3.05, 3.63) is 18.5 Å². The molecule has 0 saturated carbocycles. The van der Waals surface area contributed by atoms with E-state index in [2.05, 4.69) is 31.7 Å². The van der Waals surface area contributed by atoms with Gasteiger partial charge in [0, 0.05) is 44.4 Å².